The molecule has 0 heterocycles. The molecule has 0 aromatic rings. The number of nitriles is 1. The summed E-state index contributed by atoms with van der Waals surface area (Å²) in [5, 5.41) is 8.48. The predicted octanol–water partition coefficient (Wildman–Crippen LogP) is 1.58. The highest BCUT2D eigenvalue weighted by Gasteiger charge is 2.13. The van der Waals surface area contributed by atoms with Crippen LogP contribution in [-0.2, 0) is 9.53 Å². The van der Waals surface area contributed by atoms with E-state index in [0.717, 1.165) is 6.42 Å². The number of hydrogen-bond acceptors (Lipinski definition) is 3. The van der Waals surface area contributed by atoms with Crippen molar-refractivity contribution in [1.82, 2.24) is 0 Å². The van der Waals surface area contributed by atoms with E-state index in [1.807, 2.05) is 6.08 Å². The number of carbonyl (C=O) groups excluding carboxylic acids is 1. The summed E-state index contributed by atoms with van der Waals surface area (Å²) in [5.74, 6) is -0.178. The van der Waals surface area contributed by atoms with Crippen molar-refractivity contribution in [1.29, 1.82) is 5.26 Å². The number of nitrogens with zero attached hydrogens (tertiary/aromatic N) is 1. The zero-order chi connectivity index (χ0) is 9.68. The quantitative estimate of drug-likeness (QED) is 0.601. The SMILES string of the molecule is COC(=O)C1=CC(CC#N)CC=C1. The second kappa shape index (κ2) is 4.46. The largest absolute Gasteiger partial charge is 0.465 e. The Balaban J connectivity index is 2.69. The van der Waals surface area contributed by atoms with Gasteiger partial charge in [-0.15, -0.1) is 0 Å². The summed E-state index contributed by atoms with van der Waals surface area (Å²) in [6, 6.07) is 2.08. The van der Waals surface area contributed by atoms with Crippen LogP contribution in [0.15, 0.2) is 23.8 Å². The fraction of sp³-hybridized carbons (Fsp3) is 0.400. The zero-order valence-corrected chi connectivity index (χ0v) is 7.49. The average molecular weight is 177 g/mol. The fourth-order valence-corrected chi connectivity index (χ4v) is 1.26. The molecule has 1 aliphatic rings. The van der Waals surface area contributed by atoms with Crippen LogP contribution in [0.4, 0.5) is 0 Å². The maximum absolute atomic E-state index is 11.1. The molecule has 1 aliphatic carbocycles. The lowest BCUT2D eigenvalue weighted by molar-refractivity contribution is -0.135. The van der Waals surface area contributed by atoms with Crippen molar-refractivity contribution in [3.05, 3.63) is 23.8 Å². The Kier molecular flexibility index (Phi) is 3.27. The first-order valence-electron chi connectivity index (χ1n) is 4.11. The molecule has 0 N–H and O–H groups in total. The molecular formula is C10H11NO2. The van der Waals surface area contributed by atoms with E-state index >= 15 is 0 Å². The monoisotopic (exact) mass is 177 g/mol. The second-order valence-corrected chi connectivity index (χ2v) is 2.87. The summed E-state index contributed by atoms with van der Waals surface area (Å²) in [4.78, 5) is 11.1. The van der Waals surface area contributed by atoms with Gasteiger partial charge in [0.1, 0.15) is 0 Å². The van der Waals surface area contributed by atoms with Crippen LogP contribution in [0.25, 0.3) is 0 Å². The Hall–Kier alpha value is -1.56. The van der Waals surface area contributed by atoms with Gasteiger partial charge < -0.3 is 4.74 Å². The normalized spacial score (nSPS) is 20.3. The minimum atomic E-state index is -0.334. The van der Waals surface area contributed by atoms with Gasteiger partial charge in [-0.25, -0.2) is 4.79 Å². The van der Waals surface area contributed by atoms with Gasteiger partial charge in [0.2, 0.25) is 0 Å². The molecule has 0 spiro atoms. The molecule has 0 aliphatic heterocycles. The summed E-state index contributed by atoms with van der Waals surface area (Å²) in [6.45, 7) is 0. The summed E-state index contributed by atoms with van der Waals surface area (Å²) in [6.07, 6.45) is 6.71. The Bertz CT molecular complexity index is 297. The van der Waals surface area contributed by atoms with E-state index in [9.17, 15) is 4.79 Å². The van der Waals surface area contributed by atoms with Crippen molar-refractivity contribution in [2.75, 3.05) is 7.11 Å². The van der Waals surface area contributed by atoms with Crippen LogP contribution in [0.1, 0.15) is 12.8 Å². The van der Waals surface area contributed by atoms with Gasteiger partial charge in [0.15, 0.2) is 0 Å². The van der Waals surface area contributed by atoms with Crippen LogP contribution < -0.4 is 0 Å². The molecule has 3 heteroatoms. The molecule has 13 heavy (non-hydrogen) atoms. The summed E-state index contributed by atoms with van der Waals surface area (Å²) in [5.41, 5.74) is 0.550. The van der Waals surface area contributed by atoms with Crippen LogP contribution >= 0.6 is 0 Å². The van der Waals surface area contributed by atoms with E-state index in [0.29, 0.717) is 12.0 Å². The first kappa shape index (κ1) is 9.53. The van der Waals surface area contributed by atoms with Crippen molar-refractivity contribution in [3.8, 4) is 6.07 Å². The van der Waals surface area contributed by atoms with Crippen molar-refractivity contribution < 1.29 is 9.53 Å². The van der Waals surface area contributed by atoms with Gasteiger partial charge in [-0.2, -0.15) is 5.26 Å². The maximum Gasteiger partial charge on any atom is 0.337 e. The van der Waals surface area contributed by atoms with Crippen LogP contribution in [-0.4, -0.2) is 13.1 Å². The van der Waals surface area contributed by atoms with E-state index in [2.05, 4.69) is 10.8 Å². The third-order valence-corrected chi connectivity index (χ3v) is 1.93. The first-order chi connectivity index (χ1) is 6.27. The maximum atomic E-state index is 11.1. The molecule has 0 aromatic heterocycles. The Morgan fingerprint density at radius 3 is 3.23 bits per heavy atom. The molecule has 0 aromatic carbocycles. The van der Waals surface area contributed by atoms with Gasteiger partial charge in [0.25, 0.3) is 0 Å². The van der Waals surface area contributed by atoms with E-state index in [1.165, 1.54) is 7.11 Å². The van der Waals surface area contributed by atoms with Crippen molar-refractivity contribution in [2.24, 2.45) is 5.92 Å². The Labute approximate surface area is 77.3 Å². The number of carbonyl (C=O) groups is 1. The molecule has 0 saturated heterocycles. The minimum Gasteiger partial charge on any atom is -0.465 e. The van der Waals surface area contributed by atoms with Crippen LogP contribution in [0, 0.1) is 17.2 Å². The number of rotatable bonds is 2. The number of hydrogen-bond donors (Lipinski definition) is 0. The zero-order valence-electron chi connectivity index (χ0n) is 7.49. The molecular weight excluding hydrogens is 166 g/mol. The van der Waals surface area contributed by atoms with Crippen LogP contribution in [0.5, 0.6) is 0 Å². The molecule has 68 valence electrons. The molecule has 0 bridgehead atoms. The molecule has 0 fully saturated rings. The Morgan fingerprint density at radius 1 is 1.85 bits per heavy atom. The highest BCUT2D eigenvalue weighted by atomic mass is 16.5. The summed E-state index contributed by atoms with van der Waals surface area (Å²) in [7, 11) is 1.35. The Morgan fingerprint density at radius 2 is 2.62 bits per heavy atom. The number of methoxy groups -OCH3 is 1. The van der Waals surface area contributed by atoms with Gasteiger partial charge in [-0.3, -0.25) is 0 Å². The van der Waals surface area contributed by atoms with Gasteiger partial charge in [-0.05, 0) is 12.3 Å². The highest BCUT2D eigenvalue weighted by molar-refractivity contribution is 5.91. The highest BCUT2D eigenvalue weighted by Crippen LogP contribution is 2.19. The number of allylic oxidation sites excluding steroid dienone is 2. The summed E-state index contributed by atoms with van der Waals surface area (Å²) >= 11 is 0. The van der Waals surface area contributed by atoms with Gasteiger partial charge >= 0.3 is 5.97 Å². The van der Waals surface area contributed by atoms with Gasteiger partial charge in [0.05, 0.1) is 18.8 Å². The minimum absolute atomic E-state index is 0.157. The molecule has 0 saturated carbocycles. The van der Waals surface area contributed by atoms with E-state index < -0.39 is 0 Å². The topological polar surface area (TPSA) is 50.1 Å². The summed E-state index contributed by atoms with van der Waals surface area (Å²) < 4.78 is 4.57. The predicted molar refractivity (Wildman–Crippen MR) is 47.6 cm³/mol. The van der Waals surface area contributed by atoms with E-state index in [1.54, 1.807) is 12.2 Å². The number of ether oxygens (including phenoxy) is 1. The van der Waals surface area contributed by atoms with Gasteiger partial charge in [-0.1, -0.05) is 18.2 Å². The first-order valence-corrected chi connectivity index (χ1v) is 4.11. The molecule has 1 unspecified atom stereocenters. The standard InChI is InChI=1S/C10H11NO2/c1-13-10(12)9-4-2-3-8(7-9)5-6-11/h2,4,7-8H,3,5H2,1H3. The fourth-order valence-electron chi connectivity index (χ4n) is 1.26. The lowest BCUT2D eigenvalue weighted by Crippen LogP contribution is -2.08. The van der Waals surface area contributed by atoms with E-state index in [4.69, 9.17) is 5.26 Å². The molecule has 0 amide bonds. The third kappa shape index (κ3) is 2.45. The third-order valence-electron chi connectivity index (χ3n) is 1.93. The molecule has 0 radical (unpaired) electrons. The molecule has 1 rings (SSSR count). The van der Waals surface area contributed by atoms with Crippen molar-refractivity contribution in [3.63, 3.8) is 0 Å². The average Bonchev–Trinajstić information content (AvgIpc) is 2.18. The smallest absolute Gasteiger partial charge is 0.337 e. The number of esters is 1. The van der Waals surface area contributed by atoms with Crippen molar-refractivity contribution in [2.45, 2.75) is 12.8 Å². The lowest BCUT2D eigenvalue weighted by Gasteiger charge is -2.11. The molecule has 3 nitrogen and oxygen atoms in total. The van der Waals surface area contributed by atoms with E-state index in [-0.39, 0.29) is 11.9 Å². The van der Waals surface area contributed by atoms with Gasteiger partial charge in [0, 0.05) is 6.42 Å². The van der Waals surface area contributed by atoms with Crippen molar-refractivity contribution >= 4 is 5.97 Å². The molecule has 1 atom stereocenters. The lowest BCUT2D eigenvalue weighted by atomic mass is 9.94. The second-order valence-electron chi connectivity index (χ2n) is 2.87. The van der Waals surface area contributed by atoms with Crippen LogP contribution in [0.2, 0.25) is 0 Å². The van der Waals surface area contributed by atoms with Crippen LogP contribution in [0.3, 0.4) is 0 Å².